The first-order valence-corrected chi connectivity index (χ1v) is 7.72. The summed E-state index contributed by atoms with van der Waals surface area (Å²) in [4.78, 5) is -0.0609. The van der Waals surface area contributed by atoms with Crippen molar-refractivity contribution < 1.29 is 13.5 Å². The number of aromatic hydroxyl groups is 1. The third-order valence-electron chi connectivity index (χ3n) is 2.92. The van der Waals surface area contributed by atoms with Crippen LogP contribution in [0.3, 0.4) is 0 Å². The van der Waals surface area contributed by atoms with E-state index in [2.05, 4.69) is 4.72 Å². The average Bonchev–Trinajstić information content (AvgIpc) is 2.43. The van der Waals surface area contributed by atoms with Crippen LogP contribution in [0.5, 0.6) is 5.75 Å². The van der Waals surface area contributed by atoms with Crippen LogP contribution in [-0.2, 0) is 10.0 Å². The molecule has 0 aromatic heterocycles. The maximum absolute atomic E-state index is 12.3. The van der Waals surface area contributed by atoms with Crippen molar-refractivity contribution >= 4 is 27.3 Å². The van der Waals surface area contributed by atoms with Gasteiger partial charge in [0.15, 0.2) is 0 Å². The third-order valence-corrected chi connectivity index (χ3v) is 4.60. The largest absolute Gasteiger partial charge is 0.508 e. The minimum atomic E-state index is -3.86. The fourth-order valence-electron chi connectivity index (χ4n) is 1.69. The lowest BCUT2D eigenvalue weighted by Crippen LogP contribution is -2.13. The zero-order valence-corrected chi connectivity index (χ0v) is 12.5. The van der Waals surface area contributed by atoms with Gasteiger partial charge in [-0.1, -0.05) is 17.7 Å². The van der Waals surface area contributed by atoms with Gasteiger partial charge in [0, 0.05) is 5.56 Å². The molecule has 0 spiro atoms. The van der Waals surface area contributed by atoms with Gasteiger partial charge in [0.2, 0.25) is 0 Å². The summed E-state index contributed by atoms with van der Waals surface area (Å²) in [7, 11) is -3.86. The average molecular weight is 323 g/mol. The molecule has 2 aromatic rings. The third kappa shape index (κ3) is 3.10. The highest BCUT2D eigenvalue weighted by Gasteiger charge is 2.17. The van der Waals surface area contributed by atoms with Gasteiger partial charge >= 0.3 is 0 Å². The molecule has 0 aliphatic carbocycles. The maximum atomic E-state index is 12.3. The Hall–Kier alpha value is -2.23. The number of phenolic OH excluding ortho intramolecular Hbond substituents is 1. The van der Waals surface area contributed by atoms with Crippen molar-refractivity contribution in [3.8, 4) is 11.8 Å². The Kier molecular flexibility index (Phi) is 4.07. The van der Waals surface area contributed by atoms with Crippen molar-refractivity contribution in [1.82, 2.24) is 0 Å². The summed E-state index contributed by atoms with van der Waals surface area (Å²) < 4.78 is 26.9. The number of nitriles is 1. The normalized spacial score (nSPS) is 10.9. The topological polar surface area (TPSA) is 90.2 Å². The second kappa shape index (κ2) is 5.64. The lowest BCUT2D eigenvalue weighted by atomic mass is 10.2. The van der Waals surface area contributed by atoms with Crippen LogP contribution < -0.4 is 4.72 Å². The van der Waals surface area contributed by atoms with E-state index in [1.807, 2.05) is 6.07 Å². The van der Waals surface area contributed by atoms with Gasteiger partial charge in [-0.25, -0.2) is 8.42 Å². The Morgan fingerprint density at radius 1 is 1.29 bits per heavy atom. The van der Waals surface area contributed by atoms with Crippen molar-refractivity contribution in [2.24, 2.45) is 0 Å². The number of hydrogen-bond acceptors (Lipinski definition) is 4. The molecule has 0 aliphatic rings. The lowest BCUT2D eigenvalue weighted by molar-refractivity contribution is 0.471. The molecule has 0 bridgehead atoms. The number of rotatable bonds is 3. The zero-order chi connectivity index (χ0) is 15.6. The summed E-state index contributed by atoms with van der Waals surface area (Å²) in [6.45, 7) is 1.60. The molecule has 7 heteroatoms. The van der Waals surface area contributed by atoms with Gasteiger partial charge in [-0.05, 0) is 37.3 Å². The monoisotopic (exact) mass is 322 g/mol. The summed E-state index contributed by atoms with van der Waals surface area (Å²) in [6.07, 6.45) is 0. The SMILES string of the molecule is Cc1c(O)cccc1NS(=O)(=O)c1ccc(C#N)c(Cl)c1. The molecule has 2 rings (SSSR count). The van der Waals surface area contributed by atoms with E-state index in [0.29, 0.717) is 5.56 Å². The number of nitrogens with zero attached hydrogens (tertiary/aromatic N) is 1. The number of sulfonamides is 1. The van der Waals surface area contributed by atoms with Crippen LogP contribution in [-0.4, -0.2) is 13.5 Å². The van der Waals surface area contributed by atoms with Crippen molar-refractivity contribution in [2.45, 2.75) is 11.8 Å². The Morgan fingerprint density at radius 3 is 2.62 bits per heavy atom. The first-order chi connectivity index (χ1) is 9.85. The number of benzene rings is 2. The van der Waals surface area contributed by atoms with Crippen molar-refractivity contribution in [2.75, 3.05) is 4.72 Å². The van der Waals surface area contributed by atoms with Crippen molar-refractivity contribution in [3.05, 3.63) is 52.5 Å². The van der Waals surface area contributed by atoms with E-state index in [1.54, 1.807) is 6.92 Å². The molecule has 0 saturated carbocycles. The molecule has 0 unspecified atom stereocenters. The van der Waals surface area contributed by atoms with Crippen LogP contribution in [0.2, 0.25) is 5.02 Å². The van der Waals surface area contributed by atoms with Crippen molar-refractivity contribution in [3.63, 3.8) is 0 Å². The maximum Gasteiger partial charge on any atom is 0.261 e. The molecule has 0 heterocycles. The molecule has 0 atom stereocenters. The summed E-state index contributed by atoms with van der Waals surface area (Å²) in [5.74, 6) is -0.00643. The fourth-order valence-corrected chi connectivity index (χ4v) is 3.13. The highest BCUT2D eigenvalue weighted by Crippen LogP contribution is 2.27. The summed E-state index contributed by atoms with van der Waals surface area (Å²) >= 11 is 5.84. The predicted molar refractivity (Wildman–Crippen MR) is 79.8 cm³/mol. The van der Waals surface area contributed by atoms with E-state index >= 15 is 0 Å². The Balaban J connectivity index is 2.41. The van der Waals surface area contributed by atoms with Gasteiger partial charge in [-0.3, -0.25) is 4.72 Å². The van der Waals surface area contributed by atoms with Crippen molar-refractivity contribution in [1.29, 1.82) is 5.26 Å². The number of hydrogen-bond donors (Lipinski definition) is 2. The standard InChI is InChI=1S/C14H11ClN2O3S/c1-9-13(3-2-4-14(9)18)17-21(19,20)11-6-5-10(8-16)12(15)7-11/h2-7,17-18H,1H3. The predicted octanol–water partition coefficient (Wildman–Crippen LogP) is 3.03. The molecule has 2 aromatic carbocycles. The van der Waals surface area contributed by atoms with Crippen LogP contribution in [0.1, 0.15) is 11.1 Å². The Morgan fingerprint density at radius 2 is 2.00 bits per heavy atom. The zero-order valence-electron chi connectivity index (χ0n) is 11.0. The number of anilines is 1. The quantitative estimate of drug-likeness (QED) is 0.908. The Bertz CT molecular complexity index is 842. The highest BCUT2D eigenvalue weighted by atomic mass is 35.5. The molecular weight excluding hydrogens is 312 g/mol. The smallest absolute Gasteiger partial charge is 0.261 e. The van der Waals surface area contributed by atoms with Crippen LogP contribution in [0.4, 0.5) is 5.69 Å². The van der Waals surface area contributed by atoms with E-state index in [-0.39, 0.29) is 26.9 Å². The van der Waals surface area contributed by atoms with Gasteiger partial charge in [-0.15, -0.1) is 0 Å². The van der Waals surface area contributed by atoms with Crippen LogP contribution in [0.15, 0.2) is 41.3 Å². The van der Waals surface area contributed by atoms with E-state index in [4.69, 9.17) is 16.9 Å². The molecule has 5 nitrogen and oxygen atoms in total. The molecule has 0 radical (unpaired) electrons. The van der Waals surface area contributed by atoms with Gasteiger partial charge in [0.25, 0.3) is 10.0 Å². The van der Waals surface area contributed by atoms with E-state index in [0.717, 1.165) is 0 Å². The minimum Gasteiger partial charge on any atom is -0.508 e. The summed E-state index contributed by atoms with van der Waals surface area (Å²) in [6, 6.07) is 10.2. The van der Waals surface area contributed by atoms with Gasteiger partial charge in [0.05, 0.1) is 21.2 Å². The number of halogens is 1. The van der Waals surface area contributed by atoms with E-state index in [9.17, 15) is 13.5 Å². The van der Waals surface area contributed by atoms with Gasteiger partial charge < -0.3 is 5.11 Å². The molecule has 0 amide bonds. The molecule has 0 aliphatic heterocycles. The first kappa shape index (κ1) is 15.2. The fraction of sp³-hybridized carbons (Fsp3) is 0.0714. The number of phenols is 1. The summed E-state index contributed by atoms with van der Waals surface area (Å²) in [5, 5.41) is 18.4. The highest BCUT2D eigenvalue weighted by molar-refractivity contribution is 7.92. The molecule has 0 fully saturated rings. The van der Waals surface area contributed by atoms with E-state index in [1.165, 1.54) is 36.4 Å². The molecule has 0 saturated heterocycles. The second-order valence-electron chi connectivity index (χ2n) is 4.31. The Labute approximate surface area is 127 Å². The van der Waals surface area contributed by atoms with Crippen LogP contribution in [0, 0.1) is 18.3 Å². The van der Waals surface area contributed by atoms with Crippen LogP contribution in [0.25, 0.3) is 0 Å². The van der Waals surface area contributed by atoms with E-state index < -0.39 is 10.0 Å². The molecule has 108 valence electrons. The molecule has 21 heavy (non-hydrogen) atoms. The first-order valence-electron chi connectivity index (χ1n) is 5.86. The lowest BCUT2D eigenvalue weighted by Gasteiger charge is -2.11. The molecule has 2 N–H and O–H groups in total. The molecular formula is C14H11ClN2O3S. The minimum absolute atomic E-state index is 0.00643. The van der Waals surface area contributed by atoms with Gasteiger partial charge in [-0.2, -0.15) is 5.26 Å². The summed E-state index contributed by atoms with van der Waals surface area (Å²) in [5.41, 5.74) is 0.889. The number of nitrogens with one attached hydrogen (secondary N) is 1. The van der Waals surface area contributed by atoms with Crippen LogP contribution >= 0.6 is 11.6 Å². The second-order valence-corrected chi connectivity index (χ2v) is 6.40. The van der Waals surface area contributed by atoms with Gasteiger partial charge in [0.1, 0.15) is 11.8 Å².